The Morgan fingerprint density at radius 3 is 2.49 bits per heavy atom. The number of anilines is 3. The second-order valence-electron chi connectivity index (χ2n) is 7.82. The number of hydrogen-bond acceptors (Lipinski definition) is 5. The predicted molar refractivity (Wildman–Crippen MR) is 138 cm³/mol. The highest BCUT2D eigenvalue weighted by Gasteiger charge is 2.19. The minimum Gasteiger partial charge on any atom is -0.326 e. The lowest BCUT2D eigenvalue weighted by atomic mass is 9.95. The number of hydrogen-bond donors (Lipinski definition) is 3. The second kappa shape index (κ2) is 10.7. The minimum atomic E-state index is -0.571. The van der Waals surface area contributed by atoms with E-state index in [1.165, 1.54) is 0 Å². The third-order valence-corrected chi connectivity index (χ3v) is 5.72. The van der Waals surface area contributed by atoms with Gasteiger partial charge in [-0.3, -0.25) is 14.6 Å². The molecule has 0 fully saturated rings. The van der Waals surface area contributed by atoms with E-state index in [0.29, 0.717) is 28.4 Å². The second-order valence-corrected chi connectivity index (χ2v) is 8.26. The van der Waals surface area contributed by atoms with E-state index in [0.717, 1.165) is 5.56 Å². The number of amides is 1. The van der Waals surface area contributed by atoms with Crippen LogP contribution in [0.2, 0.25) is 5.02 Å². The smallest absolute Gasteiger partial charge is 0.270 e. The van der Waals surface area contributed by atoms with Gasteiger partial charge in [-0.15, -0.1) is 0 Å². The molecule has 35 heavy (non-hydrogen) atoms. The zero-order valence-corrected chi connectivity index (χ0v) is 19.6. The first-order valence-electron chi connectivity index (χ1n) is 11.0. The fraction of sp³-hybridized carbons (Fsp3) is 0.111. The van der Waals surface area contributed by atoms with Crippen molar-refractivity contribution in [3.8, 4) is 17.3 Å². The number of aromatic nitrogens is 2. The summed E-state index contributed by atoms with van der Waals surface area (Å²) in [6, 6.07) is 25.3. The SMILES string of the molecule is CCC(C(=O)Nc1cccc(-c2nc(Nc3ccc(Cl)cc3)[nH]c(=O)c2C#N)c1)c1ccccc1. The Bertz CT molecular complexity index is 1440. The van der Waals surface area contributed by atoms with Crippen LogP contribution in [0.4, 0.5) is 17.3 Å². The van der Waals surface area contributed by atoms with Crippen LogP contribution in [-0.4, -0.2) is 15.9 Å². The van der Waals surface area contributed by atoms with Crippen molar-refractivity contribution in [2.24, 2.45) is 0 Å². The maximum atomic E-state index is 13.0. The molecule has 0 aliphatic rings. The van der Waals surface area contributed by atoms with Gasteiger partial charge in [-0.25, -0.2) is 4.98 Å². The number of nitrogens with one attached hydrogen (secondary N) is 3. The third-order valence-electron chi connectivity index (χ3n) is 5.47. The van der Waals surface area contributed by atoms with Gasteiger partial charge in [0.1, 0.15) is 11.6 Å². The number of halogens is 1. The van der Waals surface area contributed by atoms with Gasteiger partial charge in [0, 0.05) is 22.0 Å². The van der Waals surface area contributed by atoms with E-state index in [1.807, 2.05) is 43.3 Å². The van der Waals surface area contributed by atoms with E-state index in [9.17, 15) is 14.9 Å². The normalized spacial score (nSPS) is 11.3. The highest BCUT2D eigenvalue weighted by molar-refractivity contribution is 6.30. The van der Waals surface area contributed by atoms with E-state index >= 15 is 0 Å². The molecule has 0 spiro atoms. The highest BCUT2D eigenvalue weighted by atomic mass is 35.5. The van der Waals surface area contributed by atoms with Gasteiger partial charge in [-0.2, -0.15) is 5.26 Å². The van der Waals surface area contributed by atoms with Crippen molar-refractivity contribution in [2.45, 2.75) is 19.3 Å². The van der Waals surface area contributed by atoms with Gasteiger partial charge in [-0.1, -0.05) is 61.0 Å². The summed E-state index contributed by atoms with van der Waals surface area (Å²) in [5.74, 6) is -0.265. The van der Waals surface area contributed by atoms with Gasteiger partial charge in [0.15, 0.2) is 0 Å². The Labute approximate surface area is 207 Å². The van der Waals surface area contributed by atoms with Crippen molar-refractivity contribution in [3.05, 3.63) is 105 Å². The summed E-state index contributed by atoms with van der Waals surface area (Å²) in [7, 11) is 0. The Kier molecular flexibility index (Phi) is 7.24. The summed E-state index contributed by atoms with van der Waals surface area (Å²) in [4.78, 5) is 32.7. The number of carbonyl (C=O) groups is 1. The summed E-state index contributed by atoms with van der Waals surface area (Å²) in [6.45, 7) is 1.96. The largest absolute Gasteiger partial charge is 0.326 e. The number of benzene rings is 3. The summed E-state index contributed by atoms with van der Waals surface area (Å²) < 4.78 is 0. The molecular weight excluding hydrogens is 462 g/mol. The van der Waals surface area contributed by atoms with Crippen LogP contribution >= 0.6 is 11.6 Å². The summed E-state index contributed by atoms with van der Waals surface area (Å²) in [5.41, 5.74) is 2.19. The van der Waals surface area contributed by atoms with Gasteiger partial charge in [0.05, 0.1) is 11.6 Å². The number of H-pyrrole nitrogens is 1. The first-order chi connectivity index (χ1) is 17.0. The standard InChI is InChI=1S/C27H22ClN5O2/c1-2-22(17-7-4-3-5-8-17)25(34)30-21-10-6-9-18(15-21)24-23(16-29)26(35)33-27(32-24)31-20-13-11-19(28)12-14-20/h3-15,22H,2H2,1H3,(H,30,34)(H2,31,32,33,35). The first kappa shape index (κ1) is 23.7. The molecule has 0 bridgehead atoms. The maximum absolute atomic E-state index is 13.0. The lowest BCUT2D eigenvalue weighted by molar-refractivity contribution is -0.117. The summed E-state index contributed by atoms with van der Waals surface area (Å²) in [6.07, 6.45) is 0.642. The maximum Gasteiger partial charge on any atom is 0.270 e. The lowest BCUT2D eigenvalue weighted by Gasteiger charge is -2.16. The van der Waals surface area contributed by atoms with Crippen molar-refractivity contribution in [1.82, 2.24) is 9.97 Å². The predicted octanol–water partition coefficient (Wildman–Crippen LogP) is 5.84. The molecule has 1 aromatic heterocycles. The van der Waals surface area contributed by atoms with Crippen molar-refractivity contribution in [2.75, 3.05) is 10.6 Å². The highest BCUT2D eigenvalue weighted by Crippen LogP contribution is 2.26. The van der Waals surface area contributed by atoms with Crippen LogP contribution in [-0.2, 0) is 4.79 Å². The molecule has 3 N–H and O–H groups in total. The van der Waals surface area contributed by atoms with Gasteiger partial charge < -0.3 is 10.6 Å². The quantitative estimate of drug-likeness (QED) is 0.306. The molecule has 1 amide bonds. The Morgan fingerprint density at radius 1 is 1.06 bits per heavy atom. The van der Waals surface area contributed by atoms with Crippen LogP contribution in [0.15, 0.2) is 83.7 Å². The average Bonchev–Trinajstić information content (AvgIpc) is 2.86. The summed E-state index contributed by atoms with van der Waals surface area (Å²) >= 11 is 5.93. The Morgan fingerprint density at radius 2 is 1.80 bits per heavy atom. The fourth-order valence-corrected chi connectivity index (χ4v) is 3.87. The molecule has 1 atom stereocenters. The number of aromatic amines is 1. The number of carbonyl (C=O) groups excluding carboxylic acids is 1. The molecule has 4 aromatic rings. The van der Waals surface area contributed by atoms with E-state index < -0.39 is 5.56 Å². The van der Waals surface area contributed by atoms with E-state index in [2.05, 4.69) is 20.6 Å². The molecule has 4 rings (SSSR count). The molecule has 1 unspecified atom stereocenters. The van der Waals surface area contributed by atoms with Crippen LogP contribution in [0.5, 0.6) is 0 Å². The zero-order chi connectivity index (χ0) is 24.8. The molecule has 7 nitrogen and oxygen atoms in total. The molecule has 8 heteroatoms. The van der Waals surface area contributed by atoms with E-state index in [-0.39, 0.29) is 29.0 Å². The lowest BCUT2D eigenvalue weighted by Crippen LogP contribution is -2.20. The first-order valence-corrected chi connectivity index (χ1v) is 11.4. The number of rotatable bonds is 7. The van der Waals surface area contributed by atoms with Crippen LogP contribution in [0.1, 0.15) is 30.4 Å². The number of nitriles is 1. The molecule has 174 valence electrons. The fourth-order valence-electron chi connectivity index (χ4n) is 3.75. The molecular formula is C27H22ClN5O2. The number of nitrogens with zero attached hydrogens (tertiary/aromatic N) is 2. The van der Waals surface area contributed by atoms with Gasteiger partial charge in [-0.05, 0) is 48.4 Å². The van der Waals surface area contributed by atoms with Gasteiger partial charge in [0.25, 0.3) is 5.56 Å². The van der Waals surface area contributed by atoms with E-state index in [4.69, 9.17) is 11.6 Å². The third kappa shape index (κ3) is 5.57. The minimum absolute atomic E-state index is 0.120. The molecule has 1 heterocycles. The molecule has 0 radical (unpaired) electrons. The van der Waals surface area contributed by atoms with Crippen LogP contribution in [0, 0.1) is 11.3 Å². The van der Waals surface area contributed by atoms with Crippen molar-refractivity contribution in [1.29, 1.82) is 5.26 Å². The van der Waals surface area contributed by atoms with E-state index in [1.54, 1.807) is 48.5 Å². The monoisotopic (exact) mass is 483 g/mol. The van der Waals surface area contributed by atoms with Crippen LogP contribution in [0.25, 0.3) is 11.3 Å². The molecule has 3 aromatic carbocycles. The average molecular weight is 484 g/mol. The van der Waals surface area contributed by atoms with Gasteiger partial charge >= 0.3 is 0 Å². The van der Waals surface area contributed by atoms with Crippen molar-refractivity contribution in [3.63, 3.8) is 0 Å². The molecule has 0 saturated heterocycles. The Balaban J connectivity index is 1.64. The zero-order valence-electron chi connectivity index (χ0n) is 18.9. The van der Waals surface area contributed by atoms with Crippen LogP contribution in [0.3, 0.4) is 0 Å². The topological polar surface area (TPSA) is 111 Å². The van der Waals surface area contributed by atoms with Crippen molar-refractivity contribution >= 4 is 34.8 Å². The molecule has 0 aliphatic carbocycles. The van der Waals surface area contributed by atoms with Crippen LogP contribution < -0.4 is 16.2 Å². The van der Waals surface area contributed by atoms with Crippen molar-refractivity contribution < 1.29 is 4.79 Å². The van der Waals surface area contributed by atoms with Gasteiger partial charge in [0.2, 0.25) is 11.9 Å². The Hall–Kier alpha value is -4.41. The molecule has 0 saturated carbocycles. The summed E-state index contributed by atoms with van der Waals surface area (Å²) in [5, 5.41) is 16.1. The molecule has 0 aliphatic heterocycles.